The molecule has 0 aliphatic carbocycles. The van der Waals surface area contributed by atoms with Crippen LogP contribution in [0.1, 0.15) is 11.8 Å². The lowest BCUT2D eigenvalue weighted by molar-refractivity contribution is -0.157. The number of nitrogen functional groups attached to an aromatic ring is 1. The maximum Gasteiger partial charge on any atom is 0.337 e. The lowest BCUT2D eigenvalue weighted by atomic mass is 10.1. The minimum absolute atomic E-state index is 0.00910. The van der Waals surface area contributed by atoms with Gasteiger partial charge >= 0.3 is 5.97 Å². The van der Waals surface area contributed by atoms with Crippen molar-refractivity contribution in [2.45, 2.75) is 12.2 Å². The predicted molar refractivity (Wildman–Crippen MR) is 54.4 cm³/mol. The molecule has 4 N–H and O–H groups in total. The first kappa shape index (κ1) is 12.6. The minimum atomic E-state index is -1.75. The Morgan fingerprint density at radius 1 is 1.62 bits per heavy atom. The Morgan fingerprint density at radius 2 is 2.25 bits per heavy atom. The third kappa shape index (κ3) is 2.57. The van der Waals surface area contributed by atoms with Crippen molar-refractivity contribution in [3.05, 3.63) is 17.0 Å². The Bertz CT molecular complexity index is 401. The number of esters is 1. The molecule has 0 aliphatic heterocycles. The van der Waals surface area contributed by atoms with Crippen LogP contribution in [-0.4, -0.2) is 39.4 Å². The highest BCUT2D eigenvalue weighted by Gasteiger charge is 2.28. The number of nitrogens with zero attached hydrogens (tertiary/aromatic N) is 2. The summed E-state index contributed by atoms with van der Waals surface area (Å²) in [6.45, 7) is 0. The van der Waals surface area contributed by atoms with E-state index in [0.717, 1.165) is 13.3 Å². The van der Waals surface area contributed by atoms with Gasteiger partial charge in [-0.25, -0.2) is 14.8 Å². The topological polar surface area (TPSA) is 119 Å². The smallest absolute Gasteiger partial charge is 0.337 e. The fraction of sp³-hybridized carbons (Fsp3) is 0.375. The van der Waals surface area contributed by atoms with Crippen LogP contribution in [0.25, 0.3) is 0 Å². The number of hydrogen-bond donors (Lipinski definition) is 3. The Hall–Kier alpha value is -1.44. The number of ether oxygens (including phenoxy) is 1. The number of aliphatic hydroxyl groups is 2. The van der Waals surface area contributed by atoms with Gasteiger partial charge in [0.05, 0.1) is 19.0 Å². The zero-order valence-electron chi connectivity index (χ0n) is 8.29. The first-order valence-electron chi connectivity index (χ1n) is 4.19. The Labute approximate surface area is 95.8 Å². The number of hydrogen-bond acceptors (Lipinski definition) is 7. The fourth-order valence-corrected chi connectivity index (χ4v) is 1.09. The summed E-state index contributed by atoms with van der Waals surface area (Å²) >= 11 is 5.57. The molecule has 2 atom stereocenters. The highest BCUT2D eigenvalue weighted by Crippen LogP contribution is 2.19. The number of rotatable bonds is 3. The molecule has 0 amide bonds. The number of halogens is 1. The fourth-order valence-electron chi connectivity index (χ4n) is 0.942. The second kappa shape index (κ2) is 5.06. The van der Waals surface area contributed by atoms with E-state index in [1.807, 2.05) is 0 Å². The number of aromatic nitrogens is 2. The van der Waals surface area contributed by atoms with Crippen LogP contribution < -0.4 is 5.73 Å². The molecule has 0 aliphatic rings. The van der Waals surface area contributed by atoms with Gasteiger partial charge in [-0.3, -0.25) is 0 Å². The van der Waals surface area contributed by atoms with Crippen LogP contribution >= 0.6 is 11.6 Å². The summed E-state index contributed by atoms with van der Waals surface area (Å²) in [5, 5.41) is 18.8. The van der Waals surface area contributed by atoms with E-state index < -0.39 is 18.2 Å². The number of carbonyl (C=O) groups excluding carboxylic acids is 1. The molecule has 88 valence electrons. The van der Waals surface area contributed by atoms with Gasteiger partial charge in [-0.05, 0) is 0 Å². The molecule has 0 bridgehead atoms. The third-order valence-corrected chi connectivity index (χ3v) is 2.10. The normalized spacial score (nSPS) is 14.2. The molecule has 0 radical (unpaired) electrons. The van der Waals surface area contributed by atoms with Crippen LogP contribution in [0.5, 0.6) is 0 Å². The second-order valence-electron chi connectivity index (χ2n) is 2.88. The second-order valence-corrected chi connectivity index (χ2v) is 3.24. The zero-order valence-corrected chi connectivity index (χ0v) is 9.05. The van der Waals surface area contributed by atoms with Crippen molar-refractivity contribution in [3.8, 4) is 0 Å². The van der Waals surface area contributed by atoms with E-state index in [4.69, 9.17) is 17.3 Å². The van der Waals surface area contributed by atoms with Crippen molar-refractivity contribution in [1.29, 1.82) is 0 Å². The van der Waals surface area contributed by atoms with Crippen LogP contribution in [0.2, 0.25) is 5.15 Å². The first-order chi connectivity index (χ1) is 7.47. The lowest BCUT2D eigenvalue weighted by Gasteiger charge is -2.14. The summed E-state index contributed by atoms with van der Waals surface area (Å²) in [4.78, 5) is 18.2. The molecule has 1 rings (SSSR count). The van der Waals surface area contributed by atoms with Gasteiger partial charge in [0.15, 0.2) is 17.1 Å². The van der Waals surface area contributed by atoms with Crippen molar-refractivity contribution in [2.75, 3.05) is 12.8 Å². The summed E-state index contributed by atoms with van der Waals surface area (Å²) in [7, 11) is 1.08. The molecule has 1 heterocycles. The Kier molecular flexibility index (Phi) is 3.99. The average Bonchev–Trinajstić information content (AvgIpc) is 2.29. The van der Waals surface area contributed by atoms with Crippen molar-refractivity contribution in [1.82, 2.24) is 9.97 Å². The largest absolute Gasteiger partial charge is 0.467 e. The Morgan fingerprint density at radius 3 is 2.75 bits per heavy atom. The monoisotopic (exact) mass is 247 g/mol. The number of methoxy groups -OCH3 is 1. The van der Waals surface area contributed by atoms with Gasteiger partial charge in [0.1, 0.15) is 6.10 Å². The van der Waals surface area contributed by atoms with Gasteiger partial charge in [-0.2, -0.15) is 0 Å². The maximum absolute atomic E-state index is 10.9. The summed E-state index contributed by atoms with van der Waals surface area (Å²) in [5.41, 5.74) is 5.24. The number of aliphatic hydroxyl groups excluding tert-OH is 2. The van der Waals surface area contributed by atoms with Gasteiger partial charge < -0.3 is 20.7 Å². The molecule has 1 aromatic heterocycles. The van der Waals surface area contributed by atoms with E-state index in [-0.39, 0.29) is 16.7 Å². The molecule has 0 fully saturated rings. The third-order valence-electron chi connectivity index (χ3n) is 1.82. The molecule has 0 aromatic carbocycles. The van der Waals surface area contributed by atoms with Crippen molar-refractivity contribution >= 4 is 23.4 Å². The molecule has 0 spiro atoms. The first-order valence-corrected chi connectivity index (χ1v) is 4.57. The standard InChI is InChI=1S/C8H10ClN3O4/c1-16-8(15)5(14)4(13)3-2-11-7(10)6(9)12-3/h2,4-5,13-14H,1H3,(H2,10,11). The lowest BCUT2D eigenvalue weighted by Crippen LogP contribution is -2.29. The summed E-state index contributed by atoms with van der Waals surface area (Å²) in [6.07, 6.45) is -2.21. The Balaban J connectivity index is 2.91. The zero-order chi connectivity index (χ0) is 12.3. The molecule has 0 saturated carbocycles. The van der Waals surface area contributed by atoms with Crippen LogP contribution in [-0.2, 0) is 9.53 Å². The number of anilines is 1. The highest BCUT2D eigenvalue weighted by molar-refractivity contribution is 6.31. The van der Waals surface area contributed by atoms with E-state index in [2.05, 4.69) is 14.7 Å². The average molecular weight is 248 g/mol. The van der Waals surface area contributed by atoms with Gasteiger partial charge in [0.2, 0.25) is 0 Å². The van der Waals surface area contributed by atoms with Crippen molar-refractivity contribution in [2.24, 2.45) is 0 Å². The SMILES string of the molecule is COC(=O)C(O)C(O)c1cnc(N)c(Cl)n1. The van der Waals surface area contributed by atoms with E-state index in [1.165, 1.54) is 0 Å². The molecule has 1 aromatic rings. The summed E-state index contributed by atoms with van der Waals surface area (Å²) in [5.74, 6) is -0.993. The van der Waals surface area contributed by atoms with Gasteiger partial charge in [0.25, 0.3) is 0 Å². The predicted octanol–water partition coefficient (Wildman–Crippen LogP) is -0.721. The highest BCUT2D eigenvalue weighted by atomic mass is 35.5. The summed E-state index contributed by atoms with van der Waals surface area (Å²) in [6, 6.07) is 0. The molecule has 8 heteroatoms. The maximum atomic E-state index is 10.9. The molecule has 2 unspecified atom stereocenters. The van der Waals surface area contributed by atoms with Crippen LogP contribution in [0.15, 0.2) is 6.20 Å². The molecular formula is C8H10ClN3O4. The van der Waals surface area contributed by atoms with Crippen molar-refractivity contribution in [3.63, 3.8) is 0 Å². The van der Waals surface area contributed by atoms with Crippen LogP contribution in [0, 0.1) is 0 Å². The van der Waals surface area contributed by atoms with Gasteiger partial charge in [-0.1, -0.05) is 11.6 Å². The van der Waals surface area contributed by atoms with Crippen LogP contribution in [0.3, 0.4) is 0 Å². The number of carbonyl (C=O) groups is 1. The quantitative estimate of drug-likeness (QED) is 0.603. The molecule has 16 heavy (non-hydrogen) atoms. The molecular weight excluding hydrogens is 238 g/mol. The van der Waals surface area contributed by atoms with E-state index in [0.29, 0.717) is 0 Å². The van der Waals surface area contributed by atoms with Crippen molar-refractivity contribution < 1.29 is 19.7 Å². The van der Waals surface area contributed by atoms with Crippen LogP contribution in [0.4, 0.5) is 5.82 Å². The van der Waals surface area contributed by atoms with Gasteiger partial charge in [-0.15, -0.1) is 0 Å². The van der Waals surface area contributed by atoms with E-state index >= 15 is 0 Å². The van der Waals surface area contributed by atoms with E-state index in [1.54, 1.807) is 0 Å². The minimum Gasteiger partial charge on any atom is -0.467 e. The molecule has 0 saturated heterocycles. The summed E-state index contributed by atoms with van der Waals surface area (Å²) < 4.78 is 4.25. The van der Waals surface area contributed by atoms with Gasteiger partial charge in [0, 0.05) is 0 Å². The number of nitrogens with two attached hydrogens (primary N) is 1. The molecule has 7 nitrogen and oxygen atoms in total. The van der Waals surface area contributed by atoms with E-state index in [9.17, 15) is 15.0 Å².